The molecule has 0 N–H and O–H groups in total. The molecule has 1 aromatic rings. The molecule has 0 aliphatic rings. The fourth-order valence-corrected chi connectivity index (χ4v) is 1.25. The number of aryl methyl sites for hydroxylation is 1. The summed E-state index contributed by atoms with van der Waals surface area (Å²) in [6, 6.07) is 0. The quantitative estimate of drug-likeness (QED) is 0.566. The Kier molecular flexibility index (Phi) is 4.60. The topological polar surface area (TPSA) is 65.2 Å². The maximum absolute atomic E-state index is 13.4. The van der Waals surface area contributed by atoms with Crippen molar-refractivity contribution in [2.24, 2.45) is 0 Å². The average Bonchev–Trinajstić information content (AvgIpc) is 2.72. The Morgan fingerprint density at radius 3 is 2.71 bits per heavy atom. The van der Waals surface area contributed by atoms with E-state index in [-0.39, 0.29) is 11.9 Å². The average molecular weight is 244 g/mol. The number of carbonyl (C=O) groups is 1. The van der Waals surface area contributed by atoms with Crippen LogP contribution in [0.3, 0.4) is 0 Å². The van der Waals surface area contributed by atoms with Gasteiger partial charge >= 0.3 is 5.97 Å². The summed E-state index contributed by atoms with van der Waals surface area (Å²) in [7, 11) is 1.36. The van der Waals surface area contributed by atoms with Crippen LogP contribution in [0.25, 0.3) is 0 Å². The fraction of sp³-hybridized carbons (Fsp3) is 0.727. The number of hydrogen-bond acceptors (Lipinski definition) is 5. The second-order valence-electron chi connectivity index (χ2n) is 4.27. The van der Waals surface area contributed by atoms with Gasteiger partial charge in [0.15, 0.2) is 11.5 Å². The molecule has 0 aliphatic heterocycles. The molecule has 0 spiro atoms. The van der Waals surface area contributed by atoms with Gasteiger partial charge < -0.3 is 9.26 Å². The number of esters is 1. The van der Waals surface area contributed by atoms with E-state index in [4.69, 9.17) is 4.52 Å². The Hall–Kier alpha value is -1.46. The number of nitrogens with zero attached hydrogens (tertiary/aromatic N) is 2. The first-order valence-corrected chi connectivity index (χ1v) is 5.52. The third-order valence-electron chi connectivity index (χ3n) is 2.24. The highest BCUT2D eigenvalue weighted by Gasteiger charge is 2.26. The maximum Gasteiger partial charge on any atom is 0.305 e. The summed E-state index contributed by atoms with van der Waals surface area (Å²) in [5.41, 5.74) is -1.61. The number of halogens is 1. The lowest BCUT2D eigenvalue weighted by molar-refractivity contribution is -0.140. The van der Waals surface area contributed by atoms with Gasteiger partial charge in [-0.25, -0.2) is 4.39 Å². The van der Waals surface area contributed by atoms with Gasteiger partial charge in [-0.05, 0) is 26.7 Å². The van der Waals surface area contributed by atoms with Crippen LogP contribution in [0.15, 0.2) is 4.52 Å². The SMILES string of the molecule is COC(=O)CCCCc1noc(C(C)(C)F)n1. The summed E-state index contributed by atoms with van der Waals surface area (Å²) < 4.78 is 22.7. The number of methoxy groups -OCH3 is 1. The molecule has 0 atom stereocenters. The molecule has 0 saturated carbocycles. The molecular formula is C11H17FN2O3. The lowest BCUT2D eigenvalue weighted by atomic mass is 10.1. The van der Waals surface area contributed by atoms with Gasteiger partial charge in [0.05, 0.1) is 7.11 Å². The van der Waals surface area contributed by atoms with Gasteiger partial charge in [-0.1, -0.05) is 5.16 Å². The molecule has 0 fully saturated rings. The zero-order valence-corrected chi connectivity index (χ0v) is 10.3. The second-order valence-corrected chi connectivity index (χ2v) is 4.27. The highest BCUT2D eigenvalue weighted by molar-refractivity contribution is 5.68. The number of aromatic nitrogens is 2. The Labute approximate surface area is 99.3 Å². The third kappa shape index (κ3) is 4.50. The largest absolute Gasteiger partial charge is 0.469 e. The molecule has 0 saturated heterocycles. The first kappa shape index (κ1) is 13.6. The fourth-order valence-electron chi connectivity index (χ4n) is 1.25. The zero-order chi connectivity index (χ0) is 12.9. The van der Waals surface area contributed by atoms with E-state index in [0.29, 0.717) is 25.1 Å². The summed E-state index contributed by atoms with van der Waals surface area (Å²) in [4.78, 5) is 14.8. The van der Waals surface area contributed by atoms with Gasteiger partial charge in [-0.3, -0.25) is 4.79 Å². The van der Waals surface area contributed by atoms with E-state index in [9.17, 15) is 9.18 Å². The summed E-state index contributed by atoms with van der Waals surface area (Å²) in [5.74, 6) is 0.222. The molecule has 0 unspecified atom stereocenters. The van der Waals surface area contributed by atoms with Gasteiger partial charge in [0.1, 0.15) is 0 Å². The molecule has 0 amide bonds. The molecular weight excluding hydrogens is 227 g/mol. The zero-order valence-electron chi connectivity index (χ0n) is 10.3. The van der Waals surface area contributed by atoms with Crippen LogP contribution in [0.1, 0.15) is 44.8 Å². The van der Waals surface area contributed by atoms with E-state index in [2.05, 4.69) is 14.9 Å². The van der Waals surface area contributed by atoms with Gasteiger partial charge in [0, 0.05) is 12.8 Å². The van der Waals surface area contributed by atoms with Gasteiger partial charge in [0.25, 0.3) is 5.89 Å². The molecule has 6 heteroatoms. The molecule has 1 aromatic heterocycles. The monoisotopic (exact) mass is 244 g/mol. The Morgan fingerprint density at radius 1 is 1.47 bits per heavy atom. The van der Waals surface area contributed by atoms with Crippen molar-refractivity contribution in [3.8, 4) is 0 Å². The van der Waals surface area contributed by atoms with Gasteiger partial charge in [0.2, 0.25) is 0 Å². The van der Waals surface area contributed by atoms with E-state index < -0.39 is 5.67 Å². The minimum absolute atomic E-state index is 0.0135. The van der Waals surface area contributed by atoms with Crippen LogP contribution < -0.4 is 0 Å². The third-order valence-corrected chi connectivity index (χ3v) is 2.24. The number of alkyl halides is 1. The van der Waals surface area contributed by atoms with E-state index in [1.165, 1.54) is 21.0 Å². The highest BCUT2D eigenvalue weighted by atomic mass is 19.1. The number of unbranched alkanes of at least 4 members (excludes halogenated alkanes) is 1. The van der Waals surface area contributed by atoms with Crippen molar-refractivity contribution >= 4 is 5.97 Å². The Bertz CT molecular complexity index is 371. The smallest absolute Gasteiger partial charge is 0.305 e. The van der Waals surface area contributed by atoms with Crippen molar-refractivity contribution in [1.29, 1.82) is 0 Å². The molecule has 1 rings (SSSR count). The number of ether oxygens (including phenoxy) is 1. The molecule has 0 radical (unpaired) electrons. The predicted octanol–water partition coefficient (Wildman–Crippen LogP) is 2.16. The maximum atomic E-state index is 13.4. The number of carbonyl (C=O) groups excluding carboxylic acids is 1. The van der Waals surface area contributed by atoms with E-state index in [0.717, 1.165) is 6.42 Å². The summed E-state index contributed by atoms with van der Waals surface area (Å²) in [6.07, 6.45) is 2.36. The van der Waals surface area contributed by atoms with Crippen molar-refractivity contribution in [3.63, 3.8) is 0 Å². The summed E-state index contributed by atoms with van der Waals surface area (Å²) >= 11 is 0. The van der Waals surface area contributed by atoms with E-state index in [1.54, 1.807) is 0 Å². The molecule has 17 heavy (non-hydrogen) atoms. The molecule has 1 heterocycles. The molecule has 0 aliphatic carbocycles. The molecule has 5 nitrogen and oxygen atoms in total. The Balaban J connectivity index is 2.33. The van der Waals surface area contributed by atoms with Crippen molar-refractivity contribution in [2.75, 3.05) is 7.11 Å². The van der Waals surface area contributed by atoms with Crippen LogP contribution in [0, 0.1) is 0 Å². The number of rotatable bonds is 6. The molecule has 0 aromatic carbocycles. The van der Waals surface area contributed by atoms with Crippen LogP contribution in [0.4, 0.5) is 4.39 Å². The number of hydrogen-bond donors (Lipinski definition) is 0. The van der Waals surface area contributed by atoms with Crippen molar-refractivity contribution < 1.29 is 18.4 Å². The Morgan fingerprint density at radius 2 is 2.18 bits per heavy atom. The van der Waals surface area contributed by atoms with Crippen LogP contribution in [-0.2, 0) is 21.6 Å². The van der Waals surface area contributed by atoms with Crippen LogP contribution in [0.2, 0.25) is 0 Å². The second kappa shape index (κ2) is 5.75. The lowest BCUT2D eigenvalue weighted by Gasteiger charge is -2.05. The lowest BCUT2D eigenvalue weighted by Crippen LogP contribution is -2.09. The highest BCUT2D eigenvalue weighted by Crippen LogP contribution is 2.22. The molecule has 96 valence electrons. The normalized spacial score (nSPS) is 11.5. The van der Waals surface area contributed by atoms with Crippen LogP contribution in [0.5, 0.6) is 0 Å². The van der Waals surface area contributed by atoms with Crippen molar-refractivity contribution in [1.82, 2.24) is 10.1 Å². The van der Waals surface area contributed by atoms with Crippen molar-refractivity contribution in [3.05, 3.63) is 11.7 Å². The molecule has 0 bridgehead atoms. The first-order chi connectivity index (χ1) is 7.93. The van der Waals surface area contributed by atoms with E-state index >= 15 is 0 Å². The first-order valence-electron chi connectivity index (χ1n) is 5.52. The van der Waals surface area contributed by atoms with Gasteiger partial charge in [-0.15, -0.1) is 0 Å². The van der Waals surface area contributed by atoms with E-state index in [1.807, 2.05) is 0 Å². The van der Waals surface area contributed by atoms with Crippen LogP contribution in [-0.4, -0.2) is 23.2 Å². The summed E-state index contributed by atoms with van der Waals surface area (Å²) in [5, 5.41) is 3.68. The predicted molar refractivity (Wildman–Crippen MR) is 58.0 cm³/mol. The summed E-state index contributed by atoms with van der Waals surface area (Å²) in [6.45, 7) is 2.73. The van der Waals surface area contributed by atoms with Crippen LogP contribution >= 0.6 is 0 Å². The minimum Gasteiger partial charge on any atom is -0.469 e. The standard InChI is InChI=1S/C11H17FN2O3/c1-11(2,12)10-13-8(14-17-10)6-4-5-7-9(15)16-3/h4-7H2,1-3H3. The minimum atomic E-state index is -1.61. The van der Waals surface area contributed by atoms with Crippen molar-refractivity contribution in [2.45, 2.75) is 45.2 Å². The van der Waals surface area contributed by atoms with Gasteiger partial charge in [-0.2, -0.15) is 4.98 Å².